The summed E-state index contributed by atoms with van der Waals surface area (Å²) < 4.78 is 46.1. The van der Waals surface area contributed by atoms with E-state index in [0.717, 1.165) is 17.0 Å². The molecule has 0 aliphatic carbocycles. The average Bonchev–Trinajstić information content (AvgIpc) is 3.02. The SMILES string of the molecule is CC1(Cc2ccnc(NC(=O)Oc3ccccc3)c2)NC(=O)N(c2ccc(OC(F)(F)F)cc2)C1=O. The third-order valence-electron chi connectivity index (χ3n) is 5.16. The Morgan fingerprint density at radius 3 is 2.42 bits per heavy atom. The molecule has 12 heteroatoms. The quantitative estimate of drug-likeness (QED) is 0.477. The Labute approximate surface area is 202 Å². The minimum atomic E-state index is -4.86. The van der Waals surface area contributed by atoms with Crippen LogP contribution in [0.15, 0.2) is 72.9 Å². The fourth-order valence-electron chi connectivity index (χ4n) is 3.62. The number of nitrogens with one attached hydrogen (secondary N) is 2. The van der Waals surface area contributed by atoms with Gasteiger partial charge in [-0.1, -0.05) is 18.2 Å². The molecule has 0 radical (unpaired) electrons. The fourth-order valence-corrected chi connectivity index (χ4v) is 3.62. The van der Waals surface area contributed by atoms with Gasteiger partial charge in [0.25, 0.3) is 5.91 Å². The first-order valence-corrected chi connectivity index (χ1v) is 10.5. The van der Waals surface area contributed by atoms with E-state index in [-0.39, 0.29) is 17.9 Å². The van der Waals surface area contributed by atoms with Crippen molar-refractivity contribution in [1.82, 2.24) is 10.3 Å². The molecule has 1 aliphatic rings. The summed E-state index contributed by atoms with van der Waals surface area (Å²) in [5.74, 6) is -0.572. The van der Waals surface area contributed by atoms with Gasteiger partial charge in [0, 0.05) is 12.6 Å². The van der Waals surface area contributed by atoms with Gasteiger partial charge >= 0.3 is 18.5 Å². The van der Waals surface area contributed by atoms with Gasteiger partial charge in [-0.2, -0.15) is 0 Å². The van der Waals surface area contributed by atoms with Gasteiger partial charge in [0.1, 0.15) is 22.9 Å². The van der Waals surface area contributed by atoms with Crippen molar-refractivity contribution in [3.63, 3.8) is 0 Å². The van der Waals surface area contributed by atoms with Gasteiger partial charge in [-0.05, 0) is 61.0 Å². The lowest BCUT2D eigenvalue weighted by Gasteiger charge is -2.22. The van der Waals surface area contributed by atoms with E-state index in [2.05, 4.69) is 20.4 Å². The molecule has 4 rings (SSSR count). The molecule has 2 aromatic carbocycles. The van der Waals surface area contributed by atoms with Gasteiger partial charge in [0.2, 0.25) is 0 Å². The summed E-state index contributed by atoms with van der Waals surface area (Å²) in [7, 11) is 0. The van der Waals surface area contributed by atoms with Crippen molar-refractivity contribution in [2.24, 2.45) is 0 Å². The summed E-state index contributed by atoms with van der Waals surface area (Å²) in [6.07, 6.45) is -4.15. The number of nitrogens with zero attached hydrogens (tertiary/aromatic N) is 2. The minimum Gasteiger partial charge on any atom is -0.410 e. The van der Waals surface area contributed by atoms with Crippen LogP contribution >= 0.6 is 0 Å². The molecule has 0 spiro atoms. The first-order chi connectivity index (χ1) is 17.0. The molecule has 3 aromatic rings. The summed E-state index contributed by atoms with van der Waals surface area (Å²) in [6, 6.07) is 15.2. The fraction of sp³-hybridized carbons (Fsp3) is 0.167. The summed E-state index contributed by atoms with van der Waals surface area (Å²) in [4.78, 5) is 42.8. The summed E-state index contributed by atoms with van der Waals surface area (Å²) >= 11 is 0. The highest BCUT2D eigenvalue weighted by molar-refractivity contribution is 6.23. The van der Waals surface area contributed by atoms with Crippen molar-refractivity contribution in [2.45, 2.75) is 25.2 Å². The van der Waals surface area contributed by atoms with E-state index >= 15 is 0 Å². The maximum Gasteiger partial charge on any atom is 0.573 e. The number of carbonyl (C=O) groups is 3. The molecule has 1 aliphatic heterocycles. The smallest absolute Gasteiger partial charge is 0.410 e. The lowest BCUT2D eigenvalue weighted by atomic mass is 9.93. The summed E-state index contributed by atoms with van der Waals surface area (Å²) in [6.45, 7) is 1.52. The van der Waals surface area contributed by atoms with Crippen LogP contribution in [0.2, 0.25) is 0 Å². The zero-order valence-corrected chi connectivity index (χ0v) is 18.7. The number of benzene rings is 2. The largest absolute Gasteiger partial charge is 0.573 e. The van der Waals surface area contributed by atoms with Crippen LogP contribution in [0.4, 0.5) is 34.3 Å². The van der Waals surface area contributed by atoms with Crippen LogP contribution in [0, 0.1) is 0 Å². The van der Waals surface area contributed by atoms with Crippen LogP contribution in [-0.4, -0.2) is 34.9 Å². The molecule has 1 unspecified atom stereocenters. The molecule has 0 saturated carbocycles. The Balaban J connectivity index is 1.44. The molecule has 1 aromatic heterocycles. The van der Waals surface area contributed by atoms with Gasteiger partial charge in [-0.25, -0.2) is 19.5 Å². The first-order valence-electron chi connectivity index (χ1n) is 10.5. The van der Waals surface area contributed by atoms with Crippen molar-refractivity contribution in [3.8, 4) is 11.5 Å². The molecule has 2 N–H and O–H groups in total. The predicted molar refractivity (Wildman–Crippen MR) is 122 cm³/mol. The highest BCUT2D eigenvalue weighted by Gasteiger charge is 2.48. The van der Waals surface area contributed by atoms with Gasteiger partial charge in [-0.15, -0.1) is 13.2 Å². The molecule has 2 heterocycles. The molecule has 1 atom stereocenters. The highest BCUT2D eigenvalue weighted by Crippen LogP contribution is 2.30. The number of hydrogen-bond donors (Lipinski definition) is 2. The summed E-state index contributed by atoms with van der Waals surface area (Å²) in [5.41, 5.74) is -0.704. The number of urea groups is 1. The van der Waals surface area contributed by atoms with Crippen molar-refractivity contribution in [3.05, 3.63) is 78.5 Å². The number of carbonyl (C=O) groups excluding carboxylic acids is 3. The van der Waals surface area contributed by atoms with E-state index in [1.807, 2.05) is 0 Å². The van der Waals surface area contributed by atoms with E-state index in [4.69, 9.17) is 4.74 Å². The lowest BCUT2D eigenvalue weighted by Crippen LogP contribution is -2.46. The normalized spacial score (nSPS) is 17.5. The number of halogens is 3. The molecule has 0 bridgehead atoms. The summed E-state index contributed by atoms with van der Waals surface area (Å²) in [5, 5.41) is 5.11. The third-order valence-corrected chi connectivity index (χ3v) is 5.16. The Kier molecular flexibility index (Phi) is 6.51. The number of ether oxygens (including phenoxy) is 2. The van der Waals surface area contributed by atoms with Gasteiger partial charge in [-0.3, -0.25) is 10.1 Å². The number of hydrogen-bond acceptors (Lipinski definition) is 6. The molecular formula is C24H19F3N4O5. The molecular weight excluding hydrogens is 481 g/mol. The standard InChI is InChI=1S/C24H19F3N4O5/c1-23(14-15-11-12-28-19(13-15)29-22(34)35-17-5-3-2-4-6-17)20(32)31(21(33)30-23)16-7-9-18(10-8-16)36-24(25,26)27/h2-13H,14H2,1H3,(H,30,33)(H,28,29,34). The van der Waals surface area contributed by atoms with Crippen LogP contribution in [0.1, 0.15) is 12.5 Å². The molecule has 1 fully saturated rings. The van der Waals surface area contributed by atoms with Crippen LogP contribution in [0.5, 0.6) is 11.5 Å². The molecule has 4 amide bonds. The number of imide groups is 1. The second kappa shape index (κ2) is 9.56. The van der Waals surface area contributed by atoms with Crippen LogP contribution in [0.25, 0.3) is 0 Å². The van der Waals surface area contributed by atoms with Crippen molar-refractivity contribution in [1.29, 1.82) is 0 Å². The average molecular weight is 500 g/mol. The van der Waals surface area contributed by atoms with Crippen LogP contribution < -0.4 is 25.0 Å². The number of alkyl halides is 3. The third kappa shape index (κ3) is 5.71. The maximum absolute atomic E-state index is 13.1. The van der Waals surface area contributed by atoms with Crippen LogP contribution in [-0.2, 0) is 11.2 Å². The minimum absolute atomic E-state index is 0.0499. The van der Waals surface area contributed by atoms with E-state index < -0.39 is 35.7 Å². The van der Waals surface area contributed by atoms with E-state index in [1.54, 1.807) is 36.4 Å². The Morgan fingerprint density at radius 2 is 1.75 bits per heavy atom. The van der Waals surface area contributed by atoms with Gasteiger partial charge in [0.15, 0.2) is 0 Å². The lowest BCUT2D eigenvalue weighted by molar-refractivity contribution is -0.274. The topological polar surface area (TPSA) is 110 Å². The number of para-hydroxylation sites is 1. The zero-order chi connectivity index (χ0) is 25.9. The molecule has 9 nitrogen and oxygen atoms in total. The number of rotatable bonds is 6. The van der Waals surface area contributed by atoms with E-state index in [1.165, 1.54) is 31.3 Å². The van der Waals surface area contributed by atoms with E-state index in [9.17, 15) is 27.6 Å². The molecule has 36 heavy (non-hydrogen) atoms. The van der Waals surface area contributed by atoms with Gasteiger partial charge in [0.05, 0.1) is 5.69 Å². The predicted octanol–water partition coefficient (Wildman–Crippen LogP) is 4.65. The highest BCUT2D eigenvalue weighted by atomic mass is 19.4. The molecule has 186 valence electrons. The Bertz CT molecular complexity index is 1280. The first kappa shape index (κ1) is 24.5. The van der Waals surface area contributed by atoms with Crippen molar-refractivity contribution in [2.75, 3.05) is 10.2 Å². The monoisotopic (exact) mass is 500 g/mol. The Morgan fingerprint density at radius 1 is 1.06 bits per heavy atom. The second-order valence-corrected chi connectivity index (χ2v) is 8.00. The maximum atomic E-state index is 13.1. The Hall–Kier alpha value is -4.61. The molecule has 1 saturated heterocycles. The number of aromatic nitrogens is 1. The van der Waals surface area contributed by atoms with E-state index in [0.29, 0.717) is 11.3 Å². The van der Waals surface area contributed by atoms with Gasteiger partial charge < -0.3 is 14.8 Å². The van der Waals surface area contributed by atoms with Crippen molar-refractivity contribution < 1.29 is 37.0 Å². The number of amides is 4. The van der Waals surface area contributed by atoms with Crippen molar-refractivity contribution >= 4 is 29.5 Å². The van der Waals surface area contributed by atoms with Crippen LogP contribution in [0.3, 0.4) is 0 Å². The number of pyridine rings is 1. The second-order valence-electron chi connectivity index (χ2n) is 8.00. The number of anilines is 2. The zero-order valence-electron chi connectivity index (χ0n) is 18.7.